The van der Waals surface area contributed by atoms with Gasteiger partial charge in [-0.25, -0.2) is 9.78 Å². The molecule has 1 amide bonds. The fourth-order valence-electron chi connectivity index (χ4n) is 5.35. The number of carbonyl (C=O) groups excluding carboxylic acids is 1. The number of fused-ring (bicyclic) bond motifs is 1. The van der Waals surface area contributed by atoms with Gasteiger partial charge < -0.3 is 35.7 Å². The predicted molar refractivity (Wildman–Crippen MR) is 170 cm³/mol. The van der Waals surface area contributed by atoms with Crippen LogP contribution < -0.4 is 21.5 Å². The van der Waals surface area contributed by atoms with Crippen LogP contribution in [0, 0.1) is 0 Å². The molecule has 43 heavy (non-hydrogen) atoms. The van der Waals surface area contributed by atoms with Crippen LogP contribution in [0.1, 0.15) is 42.9 Å². The Morgan fingerprint density at radius 1 is 1.05 bits per heavy atom. The number of carbonyl (C=O) groups is 1. The van der Waals surface area contributed by atoms with E-state index in [1.54, 1.807) is 31.2 Å². The summed E-state index contributed by atoms with van der Waals surface area (Å²) in [7, 11) is 3.49. The van der Waals surface area contributed by atoms with Crippen LogP contribution in [0.15, 0.2) is 54.7 Å². The number of ether oxygens (including phenoxy) is 2. The van der Waals surface area contributed by atoms with Crippen LogP contribution in [0.2, 0.25) is 0 Å². The number of nitrogens with zero attached hydrogens (tertiary/aromatic N) is 5. The second kappa shape index (κ2) is 13.6. The van der Waals surface area contributed by atoms with Crippen molar-refractivity contribution in [2.24, 2.45) is 0 Å². The first kappa shape index (κ1) is 30.0. The number of rotatable bonds is 13. The second-order valence-electron chi connectivity index (χ2n) is 11.1. The molecule has 4 aromatic rings. The molecular weight excluding hydrogens is 544 g/mol. The Hall–Kier alpha value is -4.51. The third kappa shape index (κ3) is 7.29. The number of likely N-dealkylation sites (tertiary alicyclic amines) is 1. The van der Waals surface area contributed by atoms with E-state index in [0.717, 1.165) is 84.7 Å². The topological polar surface area (TPSA) is 137 Å². The van der Waals surface area contributed by atoms with Crippen LogP contribution in [0.5, 0.6) is 5.75 Å². The SMILES string of the molecule is CCCCCNc1nc(N)nc2ccn(Cc3ccc(CN4CC(N(C)C(=O)OCc5ccc(N)cc5)C4)cc3OC)c12. The van der Waals surface area contributed by atoms with E-state index in [1.165, 1.54) is 0 Å². The second-order valence-corrected chi connectivity index (χ2v) is 11.1. The molecule has 3 heterocycles. The number of likely N-dealkylation sites (N-methyl/N-ethyl adjacent to an activating group) is 1. The fraction of sp³-hybridized carbons (Fsp3) is 0.406. The highest BCUT2D eigenvalue weighted by atomic mass is 16.6. The lowest BCUT2D eigenvalue weighted by atomic mass is 10.0. The molecule has 0 bridgehead atoms. The van der Waals surface area contributed by atoms with Crippen LogP contribution in [0.3, 0.4) is 0 Å². The number of hydrogen-bond donors (Lipinski definition) is 3. The normalized spacial score (nSPS) is 13.6. The van der Waals surface area contributed by atoms with Crippen molar-refractivity contribution in [2.45, 2.75) is 51.9 Å². The molecule has 0 radical (unpaired) electrons. The molecule has 1 aliphatic rings. The van der Waals surface area contributed by atoms with Gasteiger partial charge in [-0.05, 0) is 41.8 Å². The van der Waals surface area contributed by atoms with Crippen molar-refractivity contribution >= 4 is 34.6 Å². The van der Waals surface area contributed by atoms with Crippen LogP contribution in [0.4, 0.5) is 22.2 Å². The van der Waals surface area contributed by atoms with Gasteiger partial charge in [-0.2, -0.15) is 4.98 Å². The Bertz CT molecular complexity index is 1530. The number of amides is 1. The van der Waals surface area contributed by atoms with Crippen molar-refractivity contribution in [2.75, 3.05) is 50.6 Å². The predicted octanol–water partition coefficient (Wildman–Crippen LogP) is 4.71. The minimum atomic E-state index is -0.322. The van der Waals surface area contributed by atoms with Crippen molar-refractivity contribution in [1.29, 1.82) is 0 Å². The summed E-state index contributed by atoms with van der Waals surface area (Å²) in [4.78, 5) is 25.5. The Morgan fingerprint density at radius 3 is 2.56 bits per heavy atom. The van der Waals surface area contributed by atoms with Gasteiger partial charge in [0.05, 0.1) is 25.2 Å². The van der Waals surface area contributed by atoms with Crippen molar-refractivity contribution in [3.05, 3.63) is 71.4 Å². The lowest BCUT2D eigenvalue weighted by molar-refractivity contribution is 0.0283. The van der Waals surface area contributed by atoms with Crippen LogP contribution in [0.25, 0.3) is 11.0 Å². The minimum Gasteiger partial charge on any atom is -0.496 e. The minimum absolute atomic E-state index is 0.114. The molecule has 5 rings (SSSR count). The zero-order valence-electron chi connectivity index (χ0n) is 25.3. The third-order valence-corrected chi connectivity index (χ3v) is 7.91. The van der Waals surface area contributed by atoms with E-state index in [0.29, 0.717) is 12.2 Å². The lowest BCUT2D eigenvalue weighted by Gasteiger charge is -2.43. The van der Waals surface area contributed by atoms with Gasteiger partial charge in [0, 0.05) is 50.7 Å². The van der Waals surface area contributed by atoms with E-state index in [4.69, 9.17) is 20.9 Å². The summed E-state index contributed by atoms with van der Waals surface area (Å²) in [5, 5.41) is 3.46. The van der Waals surface area contributed by atoms with E-state index in [9.17, 15) is 4.79 Å². The van der Waals surface area contributed by atoms with Gasteiger partial charge in [0.15, 0.2) is 5.82 Å². The standard InChI is InChI=1S/C32H42N8O3/c1-4-5-6-14-35-30-29-27(36-31(34)37-30)13-15-40(29)18-24-10-7-23(16-28(24)42-3)17-39-19-26(20-39)38(2)32(41)43-21-22-8-11-25(33)12-9-22/h7-13,15-16,26H,4-6,14,17-21,33H2,1-3H3,(H3,34,35,36,37). The molecule has 5 N–H and O–H groups in total. The molecule has 2 aromatic heterocycles. The summed E-state index contributed by atoms with van der Waals surface area (Å²) >= 11 is 0. The van der Waals surface area contributed by atoms with Crippen molar-refractivity contribution in [1.82, 2.24) is 24.3 Å². The number of nitrogens with one attached hydrogen (secondary N) is 1. The molecular formula is C32H42N8O3. The van der Waals surface area contributed by atoms with E-state index < -0.39 is 0 Å². The largest absolute Gasteiger partial charge is 0.496 e. The number of methoxy groups -OCH3 is 1. The summed E-state index contributed by atoms with van der Waals surface area (Å²) < 4.78 is 13.4. The Labute approximate surface area is 252 Å². The average molecular weight is 587 g/mol. The quantitative estimate of drug-likeness (QED) is 0.150. The zero-order chi connectivity index (χ0) is 30.3. The monoisotopic (exact) mass is 586 g/mol. The number of benzene rings is 2. The van der Waals surface area contributed by atoms with Crippen LogP contribution in [-0.4, -0.2) is 70.3 Å². The molecule has 2 aromatic carbocycles. The van der Waals surface area contributed by atoms with E-state index in [-0.39, 0.29) is 24.7 Å². The van der Waals surface area contributed by atoms with E-state index in [1.807, 2.05) is 24.4 Å². The fourth-order valence-corrected chi connectivity index (χ4v) is 5.35. The summed E-state index contributed by atoms with van der Waals surface area (Å²) in [6.45, 7) is 6.19. The summed E-state index contributed by atoms with van der Waals surface area (Å²) in [5.41, 5.74) is 17.3. The molecule has 1 fully saturated rings. The van der Waals surface area contributed by atoms with Gasteiger partial charge in [0.2, 0.25) is 5.95 Å². The maximum absolute atomic E-state index is 12.6. The first-order chi connectivity index (χ1) is 20.8. The molecule has 0 unspecified atom stereocenters. The Balaban J connectivity index is 1.17. The summed E-state index contributed by atoms with van der Waals surface area (Å²) in [5.74, 6) is 1.85. The molecule has 1 saturated heterocycles. The average Bonchev–Trinajstić information content (AvgIpc) is 3.38. The number of hydrogen-bond acceptors (Lipinski definition) is 9. The lowest BCUT2D eigenvalue weighted by Crippen LogP contribution is -2.59. The number of nitrogen functional groups attached to an aromatic ring is 2. The Kier molecular flexibility index (Phi) is 9.51. The molecule has 0 aliphatic carbocycles. The molecule has 0 saturated carbocycles. The summed E-state index contributed by atoms with van der Waals surface area (Å²) in [6.07, 6.45) is 5.08. The van der Waals surface area contributed by atoms with Crippen molar-refractivity contribution < 1.29 is 14.3 Å². The van der Waals surface area contributed by atoms with Gasteiger partial charge in [-0.3, -0.25) is 4.90 Å². The molecule has 11 heteroatoms. The van der Waals surface area contributed by atoms with Gasteiger partial charge in [-0.1, -0.05) is 44.0 Å². The Morgan fingerprint density at radius 2 is 1.81 bits per heavy atom. The van der Waals surface area contributed by atoms with Gasteiger partial charge in [-0.15, -0.1) is 0 Å². The van der Waals surface area contributed by atoms with E-state index >= 15 is 0 Å². The van der Waals surface area contributed by atoms with Gasteiger partial charge >= 0.3 is 6.09 Å². The molecule has 228 valence electrons. The number of nitrogens with two attached hydrogens (primary N) is 2. The number of anilines is 3. The number of aromatic nitrogens is 3. The molecule has 1 aliphatic heterocycles. The number of unbranched alkanes of at least 4 members (excludes halogenated alkanes) is 2. The molecule has 0 spiro atoms. The van der Waals surface area contributed by atoms with E-state index in [2.05, 4.69) is 49.9 Å². The maximum Gasteiger partial charge on any atom is 0.410 e. The first-order valence-electron chi connectivity index (χ1n) is 14.8. The van der Waals surface area contributed by atoms with Crippen molar-refractivity contribution in [3.8, 4) is 5.75 Å². The first-order valence-corrected chi connectivity index (χ1v) is 14.8. The smallest absolute Gasteiger partial charge is 0.410 e. The van der Waals surface area contributed by atoms with Gasteiger partial charge in [0.1, 0.15) is 17.9 Å². The highest BCUT2D eigenvalue weighted by Gasteiger charge is 2.33. The zero-order valence-corrected chi connectivity index (χ0v) is 25.3. The van der Waals surface area contributed by atoms with Crippen LogP contribution in [-0.2, 0) is 24.4 Å². The van der Waals surface area contributed by atoms with Crippen molar-refractivity contribution in [3.63, 3.8) is 0 Å². The maximum atomic E-state index is 12.6. The highest BCUT2D eigenvalue weighted by Crippen LogP contribution is 2.28. The highest BCUT2D eigenvalue weighted by molar-refractivity contribution is 5.87. The summed E-state index contributed by atoms with van der Waals surface area (Å²) in [6, 6.07) is 15.8. The van der Waals surface area contributed by atoms with Crippen LogP contribution >= 0.6 is 0 Å². The van der Waals surface area contributed by atoms with Gasteiger partial charge in [0.25, 0.3) is 0 Å². The molecule has 0 atom stereocenters. The molecule has 11 nitrogen and oxygen atoms in total. The third-order valence-electron chi connectivity index (χ3n) is 7.91.